The number of phenolic OH excluding ortho intramolecular Hbond substituents is 1. The molecule has 0 unspecified atom stereocenters. The molecule has 4 rings (SSSR count). The largest absolute Gasteiger partial charge is 0.508 e. The van der Waals surface area contributed by atoms with Crippen molar-refractivity contribution in [3.05, 3.63) is 54.1 Å². The molecule has 1 spiro atoms. The highest BCUT2D eigenvalue weighted by Crippen LogP contribution is 2.49. The Labute approximate surface area is 190 Å². The van der Waals surface area contributed by atoms with E-state index in [1.54, 1.807) is 17.8 Å². The van der Waals surface area contributed by atoms with Crippen molar-refractivity contribution in [1.29, 1.82) is 0 Å². The Bertz CT molecular complexity index is 996. The van der Waals surface area contributed by atoms with Crippen molar-refractivity contribution < 1.29 is 5.11 Å². The number of hydrogen-bond acceptors (Lipinski definition) is 4. The normalized spacial score (nSPS) is 25.3. The average molecular weight is 436 g/mol. The van der Waals surface area contributed by atoms with Crippen LogP contribution in [-0.4, -0.2) is 27.9 Å². The molecule has 2 aromatic carbocycles. The highest BCUT2D eigenvalue weighted by atomic mass is 32.2. The highest BCUT2D eigenvalue weighted by molar-refractivity contribution is 8.13. The van der Waals surface area contributed by atoms with Gasteiger partial charge in [0.25, 0.3) is 0 Å². The van der Waals surface area contributed by atoms with Crippen LogP contribution in [0.3, 0.4) is 0 Å². The molecule has 0 saturated heterocycles. The minimum absolute atomic E-state index is 0.278. The summed E-state index contributed by atoms with van der Waals surface area (Å²) in [4.78, 5) is 12.5. The lowest BCUT2D eigenvalue weighted by Crippen LogP contribution is -2.54. The average Bonchev–Trinajstić information content (AvgIpc) is 3.02. The first-order valence-corrected chi connectivity index (χ1v) is 12.3. The van der Waals surface area contributed by atoms with E-state index in [-0.39, 0.29) is 11.3 Å². The zero-order valence-electron chi connectivity index (χ0n) is 19.2. The zero-order chi connectivity index (χ0) is 22.2. The number of benzene rings is 2. The number of phenols is 1. The summed E-state index contributed by atoms with van der Waals surface area (Å²) >= 11 is 1.65. The first kappa shape index (κ1) is 21.9. The molecule has 1 N–H and O–H groups in total. The second-order valence-corrected chi connectivity index (χ2v) is 10.7. The van der Waals surface area contributed by atoms with Crippen LogP contribution in [0.4, 0.5) is 11.4 Å². The molecule has 2 aromatic rings. The van der Waals surface area contributed by atoms with Gasteiger partial charge in [-0.1, -0.05) is 56.3 Å². The van der Waals surface area contributed by atoms with Crippen molar-refractivity contribution in [1.82, 2.24) is 0 Å². The number of anilines is 1. The summed E-state index contributed by atoms with van der Waals surface area (Å²) in [7, 11) is 0. The Morgan fingerprint density at radius 2 is 1.77 bits per heavy atom. The summed E-state index contributed by atoms with van der Waals surface area (Å²) in [6.45, 7) is 9.14. The van der Waals surface area contributed by atoms with Gasteiger partial charge in [-0.15, -0.1) is 0 Å². The van der Waals surface area contributed by atoms with Crippen LogP contribution < -0.4 is 4.90 Å². The molecule has 0 radical (unpaired) electrons. The maximum atomic E-state index is 10.2. The molecule has 0 amide bonds. The molecular weight excluding hydrogens is 402 g/mol. The summed E-state index contributed by atoms with van der Waals surface area (Å²) in [6.07, 6.45) is 6.36. The van der Waals surface area contributed by atoms with Crippen LogP contribution in [0, 0.1) is 18.3 Å². The lowest BCUT2D eigenvalue weighted by Gasteiger charge is -2.47. The number of hydrogen-bond donors (Lipinski definition) is 1. The topological polar surface area (TPSA) is 48.2 Å². The van der Waals surface area contributed by atoms with Gasteiger partial charge in [-0.05, 0) is 74.5 Å². The first-order chi connectivity index (χ1) is 14.7. The predicted molar refractivity (Wildman–Crippen MR) is 134 cm³/mol. The summed E-state index contributed by atoms with van der Waals surface area (Å²) < 4.78 is 0. The van der Waals surface area contributed by atoms with E-state index < -0.39 is 0 Å². The van der Waals surface area contributed by atoms with Gasteiger partial charge in [0.2, 0.25) is 0 Å². The number of aliphatic imine (C=N–C) groups is 2. The van der Waals surface area contributed by atoms with Crippen molar-refractivity contribution in [3.8, 4) is 5.75 Å². The van der Waals surface area contributed by atoms with Crippen molar-refractivity contribution in [2.45, 2.75) is 58.9 Å². The molecule has 1 saturated carbocycles. The molecule has 0 aromatic heterocycles. The second kappa shape index (κ2) is 8.34. The van der Waals surface area contributed by atoms with Crippen LogP contribution in [0.15, 0.2) is 58.5 Å². The molecule has 1 aliphatic heterocycles. The zero-order valence-corrected chi connectivity index (χ0v) is 20.0. The van der Waals surface area contributed by atoms with E-state index >= 15 is 0 Å². The third kappa shape index (κ3) is 4.25. The van der Waals surface area contributed by atoms with E-state index in [2.05, 4.69) is 69.2 Å². The lowest BCUT2D eigenvalue weighted by atomic mass is 9.66. The van der Waals surface area contributed by atoms with E-state index in [0.29, 0.717) is 11.3 Å². The van der Waals surface area contributed by atoms with E-state index in [4.69, 9.17) is 9.98 Å². The number of rotatable bonds is 2. The van der Waals surface area contributed by atoms with Gasteiger partial charge in [-0.2, -0.15) is 0 Å². The smallest absolute Gasteiger partial charge is 0.170 e. The predicted octanol–water partition coefficient (Wildman–Crippen LogP) is 6.94. The molecule has 0 bridgehead atoms. The van der Waals surface area contributed by atoms with Crippen molar-refractivity contribution >= 4 is 34.1 Å². The van der Waals surface area contributed by atoms with Gasteiger partial charge in [-0.25, -0.2) is 9.98 Å². The Kier molecular flexibility index (Phi) is 5.91. The minimum atomic E-state index is -0.279. The monoisotopic (exact) mass is 435 g/mol. The molecule has 1 aliphatic carbocycles. The molecule has 4 nitrogen and oxygen atoms in total. The number of aryl methyl sites for hydroxylation is 1. The van der Waals surface area contributed by atoms with Crippen LogP contribution in [0.2, 0.25) is 0 Å². The number of thioether (sulfide) groups is 1. The van der Waals surface area contributed by atoms with E-state index in [0.717, 1.165) is 48.1 Å². The quantitative estimate of drug-likeness (QED) is 0.555. The van der Waals surface area contributed by atoms with Crippen LogP contribution >= 0.6 is 11.8 Å². The molecule has 31 heavy (non-hydrogen) atoms. The summed E-state index contributed by atoms with van der Waals surface area (Å²) in [5, 5.41) is 11.1. The minimum Gasteiger partial charge on any atom is -0.508 e. The van der Waals surface area contributed by atoms with Crippen LogP contribution in [0.1, 0.15) is 52.0 Å². The Morgan fingerprint density at radius 1 is 1.10 bits per heavy atom. The molecule has 1 heterocycles. The summed E-state index contributed by atoms with van der Waals surface area (Å²) in [5.41, 5.74) is 3.17. The fourth-order valence-corrected chi connectivity index (χ4v) is 5.57. The molecular formula is C26H33N3OS. The van der Waals surface area contributed by atoms with Gasteiger partial charge in [0.15, 0.2) is 11.0 Å². The second-order valence-electron chi connectivity index (χ2n) is 9.90. The molecule has 0 atom stereocenters. The van der Waals surface area contributed by atoms with Gasteiger partial charge < -0.3 is 10.0 Å². The standard InChI is InChI=1S/C26H33N3OS/c1-18-9-11-20(12-10-18)27-23-26(15-13-19(14-16-26)25(2,3)4)29(24(28-23)31-5)21-7-6-8-22(30)17-21/h6-12,17,19,30H,13-16H2,1-5H3. The number of amidine groups is 2. The molecule has 5 heteroatoms. The Hall–Kier alpha value is -2.27. The third-order valence-corrected chi connectivity index (χ3v) is 7.45. The maximum Gasteiger partial charge on any atom is 0.170 e. The lowest BCUT2D eigenvalue weighted by molar-refractivity contribution is 0.158. The first-order valence-electron chi connectivity index (χ1n) is 11.1. The maximum absolute atomic E-state index is 10.2. The van der Waals surface area contributed by atoms with E-state index in [9.17, 15) is 5.11 Å². The Balaban J connectivity index is 1.80. The van der Waals surface area contributed by atoms with E-state index in [1.165, 1.54) is 5.56 Å². The van der Waals surface area contributed by atoms with Crippen molar-refractivity contribution in [3.63, 3.8) is 0 Å². The number of nitrogens with zero attached hydrogens (tertiary/aromatic N) is 3. The molecule has 1 fully saturated rings. The summed E-state index contributed by atoms with van der Waals surface area (Å²) in [5.74, 6) is 1.86. The van der Waals surface area contributed by atoms with Crippen LogP contribution in [0.25, 0.3) is 0 Å². The highest BCUT2D eigenvalue weighted by Gasteiger charge is 2.51. The SMILES string of the molecule is CSC1=NC(=Nc2ccc(C)cc2)C2(CCC(C(C)(C)C)CC2)N1c1cccc(O)c1. The van der Waals surface area contributed by atoms with Crippen LogP contribution in [0.5, 0.6) is 5.75 Å². The van der Waals surface area contributed by atoms with Gasteiger partial charge in [0, 0.05) is 11.8 Å². The molecule has 2 aliphatic rings. The van der Waals surface area contributed by atoms with Crippen LogP contribution in [-0.2, 0) is 0 Å². The van der Waals surface area contributed by atoms with Gasteiger partial charge in [0.1, 0.15) is 11.3 Å². The Morgan fingerprint density at radius 3 is 2.35 bits per heavy atom. The molecule has 164 valence electrons. The van der Waals surface area contributed by atoms with Gasteiger partial charge >= 0.3 is 0 Å². The van der Waals surface area contributed by atoms with Gasteiger partial charge in [0.05, 0.1) is 5.69 Å². The van der Waals surface area contributed by atoms with Crippen molar-refractivity contribution in [2.75, 3.05) is 11.2 Å². The fourth-order valence-electron chi connectivity index (χ4n) is 4.93. The van der Waals surface area contributed by atoms with Gasteiger partial charge in [-0.3, -0.25) is 0 Å². The van der Waals surface area contributed by atoms with E-state index in [1.807, 2.05) is 12.1 Å². The number of aromatic hydroxyl groups is 1. The third-order valence-electron chi connectivity index (χ3n) is 6.81. The fraction of sp³-hybridized carbons (Fsp3) is 0.462. The summed E-state index contributed by atoms with van der Waals surface area (Å²) in [6, 6.07) is 15.9. The van der Waals surface area contributed by atoms with Crippen molar-refractivity contribution in [2.24, 2.45) is 21.3 Å².